The third-order valence-electron chi connectivity index (χ3n) is 2.67. The molecule has 0 aliphatic rings. The van der Waals surface area contributed by atoms with Gasteiger partial charge in [-0.3, -0.25) is 4.90 Å². The summed E-state index contributed by atoms with van der Waals surface area (Å²) in [6.07, 6.45) is 3.72. The van der Waals surface area contributed by atoms with Gasteiger partial charge in [-0.2, -0.15) is 0 Å². The second-order valence-electron chi connectivity index (χ2n) is 4.22. The molecule has 0 radical (unpaired) electrons. The molecule has 0 aromatic carbocycles. The molecule has 0 unspecified atom stereocenters. The Balaban J connectivity index is 2.46. The average Bonchev–Trinajstić information content (AvgIpc) is 2.81. The zero-order valence-corrected chi connectivity index (χ0v) is 11.4. The normalized spacial score (nSPS) is 11.1. The maximum Gasteiger partial charge on any atom is 0.118 e. The summed E-state index contributed by atoms with van der Waals surface area (Å²) in [5, 5.41) is 3.28. The molecule has 0 aliphatic carbocycles. The number of hydrogen-bond acceptors (Lipinski definition) is 4. The van der Waals surface area contributed by atoms with Gasteiger partial charge in [0.2, 0.25) is 0 Å². The fourth-order valence-corrected chi connectivity index (χ4v) is 1.73. The number of methoxy groups -OCH3 is 1. The molecule has 0 amide bonds. The first kappa shape index (κ1) is 15.0. The lowest BCUT2D eigenvalue weighted by atomic mass is 10.3. The summed E-state index contributed by atoms with van der Waals surface area (Å²) in [7, 11) is 1.72. The highest BCUT2D eigenvalue weighted by atomic mass is 16.5. The van der Waals surface area contributed by atoms with Crippen LogP contribution in [0.5, 0.6) is 0 Å². The van der Waals surface area contributed by atoms with Gasteiger partial charge >= 0.3 is 0 Å². The predicted molar refractivity (Wildman–Crippen MR) is 73.4 cm³/mol. The Morgan fingerprint density at radius 1 is 1.56 bits per heavy atom. The zero-order valence-electron chi connectivity index (χ0n) is 11.4. The molecule has 0 bridgehead atoms. The van der Waals surface area contributed by atoms with Crippen molar-refractivity contribution in [3.8, 4) is 0 Å². The fourth-order valence-electron chi connectivity index (χ4n) is 1.73. The molecule has 0 fully saturated rings. The first-order valence-corrected chi connectivity index (χ1v) is 6.39. The molecular weight excluding hydrogens is 228 g/mol. The van der Waals surface area contributed by atoms with Crippen LogP contribution in [-0.4, -0.2) is 38.3 Å². The highest BCUT2D eigenvalue weighted by Gasteiger charge is 2.07. The van der Waals surface area contributed by atoms with Crippen molar-refractivity contribution in [3.63, 3.8) is 0 Å². The van der Waals surface area contributed by atoms with Crippen molar-refractivity contribution in [3.05, 3.63) is 36.3 Å². The molecule has 18 heavy (non-hydrogen) atoms. The first-order chi connectivity index (χ1) is 8.80. The van der Waals surface area contributed by atoms with E-state index in [0.29, 0.717) is 0 Å². The number of nitrogens with zero attached hydrogens (tertiary/aromatic N) is 1. The average molecular weight is 252 g/mol. The minimum atomic E-state index is 0.721. The lowest BCUT2D eigenvalue weighted by Gasteiger charge is -2.18. The van der Waals surface area contributed by atoms with E-state index in [4.69, 9.17) is 9.15 Å². The van der Waals surface area contributed by atoms with Crippen molar-refractivity contribution in [1.82, 2.24) is 10.2 Å². The summed E-state index contributed by atoms with van der Waals surface area (Å²) in [6, 6.07) is 2.10. The summed E-state index contributed by atoms with van der Waals surface area (Å²) in [5.41, 5.74) is 1.19. The van der Waals surface area contributed by atoms with Gasteiger partial charge in [0.15, 0.2) is 0 Å². The molecule has 0 spiro atoms. The third-order valence-corrected chi connectivity index (χ3v) is 2.67. The molecule has 102 valence electrons. The van der Waals surface area contributed by atoms with E-state index < -0.39 is 0 Å². The summed E-state index contributed by atoms with van der Waals surface area (Å²) < 4.78 is 10.7. The molecule has 1 N–H and O–H groups in total. The molecular formula is C14H24N2O2. The smallest absolute Gasteiger partial charge is 0.118 e. The van der Waals surface area contributed by atoms with Crippen molar-refractivity contribution in [1.29, 1.82) is 0 Å². The van der Waals surface area contributed by atoms with Crippen LogP contribution in [0.4, 0.5) is 0 Å². The van der Waals surface area contributed by atoms with Crippen molar-refractivity contribution in [2.75, 3.05) is 33.4 Å². The van der Waals surface area contributed by atoms with Gasteiger partial charge in [-0.25, -0.2) is 0 Å². The largest absolute Gasteiger partial charge is 0.468 e. The van der Waals surface area contributed by atoms with E-state index in [0.717, 1.165) is 45.1 Å². The molecule has 4 heteroatoms. The van der Waals surface area contributed by atoms with Gasteiger partial charge < -0.3 is 14.5 Å². The van der Waals surface area contributed by atoms with Crippen LogP contribution >= 0.6 is 0 Å². The van der Waals surface area contributed by atoms with E-state index in [1.54, 1.807) is 7.11 Å². The Morgan fingerprint density at radius 2 is 2.39 bits per heavy atom. The summed E-state index contributed by atoms with van der Waals surface area (Å²) in [5.74, 6) is 0.987. The minimum absolute atomic E-state index is 0.721. The molecule has 1 rings (SSSR count). The van der Waals surface area contributed by atoms with Gasteiger partial charge in [-0.15, -0.1) is 6.58 Å². The molecule has 1 heterocycles. The Labute approximate surface area is 110 Å². The van der Waals surface area contributed by atoms with E-state index in [-0.39, 0.29) is 0 Å². The highest BCUT2D eigenvalue weighted by molar-refractivity contribution is 5.12. The summed E-state index contributed by atoms with van der Waals surface area (Å²) in [4.78, 5) is 2.24. The van der Waals surface area contributed by atoms with Gasteiger partial charge in [0.1, 0.15) is 5.76 Å². The van der Waals surface area contributed by atoms with Crippen LogP contribution in [-0.2, 0) is 17.8 Å². The van der Waals surface area contributed by atoms with Crippen LogP contribution in [0.25, 0.3) is 0 Å². The molecule has 0 atom stereocenters. The number of nitrogens with one attached hydrogen (secondary N) is 1. The first-order valence-electron chi connectivity index (χ1n) is 6.39. The van der Waals surface area contributed by atoms with Crippen LogP contribution in [0.15, 0.2) is 29.4 Å². The summed E-state index contributed by atoms with van der Waals surface area (Å²) >= 11 is 0. The number of furan rings is 1. The quantitative estimate of drug-likeness (QED) is 0.647. The van der Waals surface area contributed by atoms with E-state index in [1.165, 1.54) is 5.56 Å². The van der Waals surface area contributed by atoms with Gasteiger partial charge in [-0.1, -0.05) is 13.0 Å². The molecule has 0 saturated carbocycles. The third kappa shape index (κ3) is 5.49. The number of hydrogen-bond donors (Lipinski definition) is 1. The molecule has 1 aromatic heterocycles. The zero-order chi connectivity index (χ0) is 13.2. The standard InChI is InChI=1S/C14H24N2O2/c1-4-6-16(7-8-17-3)11-14-9-13(12-18-14)10-15-5-2/h4,9,12,15H,1,5-8,10-11H2,2-3H3. The van der Waals surface area contributed by atoms with Crippen molar-refractivity contribution in [2.45, 2.75) is 20.0 Å². The Hall–Kier alpha value is -1.10. The summed E-state index contributed by atoms with van der Waals surface area (Å²) in [6.45, 7) is 10.9. The molecule has 0 aliphatic heterocycles. The van der Waals surface area contributed by atoms with Crippen molar-refractivity contribution >= 4 is 0 Å². The van der Waals surface area contributed by atoms with Crippen LogP contribution in [0.1, 0.15) is 18.2 Å². The van der Waals surface area contributed by atoms with Crippen LogP contribution in [0.3, 0.4) is 0 Å². The van der Waals surface area contributed by atoms with Crippen LogP contribution in [0, 0.1) is 0 Å². The SMILES string of the molecule is C=CCN(CCOC)Cc1cc(CNCC)co1. The molecule has 4 nitrogen and oxygen atoms in total. The number of rotatable bonds is 10. The maximum atomic E-state index is 5.56. The Morgan fingerprint density at radius 3 is 3.06 bits per heavy atom. The Bertz CT molecular complexity index is 336. The lowest BCUT2D eigenvalue weighted by Crippen LogP contribution is -2.26. The van der Waals surface area contributed by atoms with Gasteiger partial charge in [0, 0.05) is 32.3 Å². The fraction of sp³-hybridized carbons (Fsp3) is 0.571. The lowest BCUT2D eigenvalue weighted by molar-refractivity contribution is 0.147. The van der Waals surface area contributed by atoms with Gasteiger partial charge in [0.25, 0.3) is 0 Å². The number of ether oxygens (including phenoxy) is 1. The maximum absolute atomic E-state index is 5.56. The van der Waals surface area contributed by atoms with Crippen molar-refractivity contribution in [2.24, 2.45) is 0 Å². The topological polar surface area (TPSA) is 37.6 Å². The van der Waals surface area contributed by atoms with Crippen LogP contribution < -0.4 is 5.32 Å². The van der Waals surface area contributed by atoms with Gasteiger partial charge in [-0.05, 0) is 12.6 Å². The van der Waals surface area contributed by atoms with Crippen LogP contribution in [0.2, 0.25) is 0 Å². The van der Waals surface area contributed by atoms with Crippen molar-refractivity contribution < 1.29 is 9.15 Å². The highest BCUT2D eigenvalue weighted by Crippen LogP contribution is 2.10. The van der Waals surface area contributed by atoms with E-state index in [9.17, 15) is 0 Å². The van der Waals surface area contributed by atoms with E-state index in [2.05, 4.69) is 29.8 Å². The molecule has 1 aromatic rings. The Kier molecular flexibility index (Phi) is 7.41. The second-order valence-corrected chi connectivity index (χ2v) is 4.22. The predicted octanol–water partition coefficient (Wildman–Crippen LogP) is 2.02. The van der Waals surface area contributed by atoms with Gasteiger partial charge in [0.05, 0.1) is 19.4 Å². The monoisotopic (exact) mass is 252 g/mol. The molecule has 0 saturated heterocycles. The van der Waals surface area contributed by atoms with E-state index in [1.807, 2.05) is 12.3 Å². The van der Waals surface area contributed by atoms with E-state index >= 15 is 0 Å². The minimum Gasteiger partial charge on any atom is -0.468 e. The second kappa shape index (κ2) is 8.91.